The zero-order valence-corrected chi connectivity index (χ0v) is 18.6. The average Bonchev–Trinajstić information content (AvgIpc) is 3.21. The minimum atomic E-state index is -0.292. The maximum atomic E-state index is 11.5. The van der Waals surface area contributed by atoms with Gasteiger partial charge in [-0.05, 0) is 43.2 Å². The number of anilines is 1. The second-order valence-corrected chi connectivity index (χ2v) is 7.54. The quantitative estimate of drug-likeness (QED) is 0.283. The molecule has 2 aromatic carbocycles. The fourth-order valence-electron chi connectivity index (χ4n) is 2.69. The van der Waals surface area contributed by atoms with Crippen molar-refractivity contribution in [2.24, 2.45) is 5.10 Å². The molecule has 0 aliphatic heterocycles. The number of hydrogen-bond donors (Lipinski definition) is 1. The van der Waals surface area contributed by atoms with Crippen molar-refractivity contribution in [3.05, 3.63) is 70.2 Å². The van der Waals surface area contributed by atoms with Crippen molar-refractivity contribution in [1.82, 2.24) is 4.98 Å². The van der Waals surface area contributed by atoms with Gasteiger partial charge in [-0.25, -0.2) is 4.98 Å². The molecule has 0 saturated carbocycles. The van der Waals surface area contributed by atoms with Gasteiger partial charge in [-0.2, -0.15) is 5.10 Å². The molecule has 0 amide bonds. The predicted octanol–water partition coefficient (Wildman–Crippen LogP) is 4.59. The molecule has 0 aliphatic rings. The summed E-state index contributed by atoms with van der Waals surface area (Å²) in [4.78, 5) is 15.8. The van der Waals surface area contributed by atoms with Crippen molar-refractivity contribution < 1.29 is 19.0 Å². The third kappa shape index (κ3) is 6.82. The zero-order chi connectivity index (χ0) is 22.1. The molecule has 8 heteroatoms. The number of carbonyl (C=O) groups is 1. The third-order valence-corrected chi connectivity index (χ3v) is 5.05. The van der Waals surface area contributed by atoms with E-state index in [-0.39, 0.29) is 12.4 Å². The third-order valence-electron chi connectivity index (χ3n) is 4.26. The van der Waals surface area contributed by atoms with Crippen LogP contribution in [0.5, 0.6) is 11.5 Å². The van der Waals surface area contributed by atoms with Gasteiger partial charge in [0.1, 0.15) is 6.61 Å². The first kappa shape index (κ1) is 22.3. The van der Waals surface area contributed by atoms with Crippen LogP contribution in [0.15, 0.2) is 52.9 Å². The number of ether oxygens (including phenoxy) is 3. The second-order valence-electron chi connectivity index (χ2n) is 6.68. The van der Waals surface area contributed by atoms with Gasteiger partial charge in [0, 0.05) is 5.38 Å². The van der Waals surface area contributed by atoms with Gasteiger partial charge in [0.2, 0.25) is 5.13 Å². The smallest absolute Gasteiger partial charge is 0.311 e. The monoisotopic (exact) mass is 439 g/mol. The Hall–Kier alpha value is -3.39. The highest BCUT2D eigenvalue weighted by molar-refractivity contribution is 7.13. The van der Waals surface area contributed by atoms with Crippen molar-refractivity contribution in [2.45, 2.75) is 26.9 Å². The molecule has 0 radical (unpaired) electrons. The standard InChI is InChI=1S/C23H25N3O4S/c1-4-29-22(27)12-19-15-31-23(25-19)26-24-13-18-9-10-20(21(11-18)28-3)30-14-17-7-5-16(2)6-8-17/h5-11,13,15H,4,12,14H2,1-3H3,(H,25,26). The number of methoxy groups -OCH3 is 1. The Morgan fingerprint density at radius 1 is 1.19 bits per heavy atom. The summed E-state index contributed by atoms with van der Waals surface area (Å²) >= 11 is 1.37. The number of esters is 1. The molecule has 1 aromatic heterocycles. The highest BCUT2D eigenvalue weighted by atomic mass is 32.1. The molecule has 0 unspecified atom stereocenters. The molecule has 3 rings (SSSR count). The van der Waals surface area contributed by atoms with Crippen LogP contribution in [0.2, 0.25) is 0 Å². The van der Waals surface area contributed by atoms with Crippen LogP contribution in [-0.4, -0.2) is 30.9 Å². The maximum Gasteiger partial charge on any atom is 0.311 e. The number of aromatic nitrogens is 1. The van der Waals surface area contributed by atoms with E-state index in [2.05, 4.69) is 34.6 Å². The van der Waals surface area contributed by atoms with Crippen molar-refractivity contribution >= 4 is 28.7 Å². The van der Waals surface area contributed by atoms with Gasteiger partial charge in [-0.1, -0.05) is 29.8 Å². The first-order valence-corrected chi connectivity index (χ1v) is 10.7. The van der Waals surface area contributed by atoms with E-state index in [4.69, 9.17) is 14.2 Å². The van der Waals surface area contributed by atoms with Crippen LogP contribution in [0.1, 0.15) is 29.3 Å². The van der Waals surface area contributed by atoms with Crippen LogP contribution >= 0.6 is 11.3 Å². The normalized spacial score (nSPS) is 10.8. The van der Waals surface area contributed by atoms with E-state index in [1.54, 1.807) is 25.6 Å². The Morgan fingerprint density at radius 2 is 2.00 bits per heavy atom. The fraction of sp³-hybridized carbons (Fsp3) is 0.261. The zero-order valence-electron chi connectivity index (χ0n) is 17.8. The number of aryl methyl sites for hydroxylation is 1. The molecule has 0 spiro atoms. The van der Waals surface area contributed by atoms with Gasteiger partial charge in [-0.15, -0.1) is 11.3 Å². The molecule has 7 nitrogen and oxygen atoms in total. The Bertz CT molecular complexity index is 1030. The van der Waals surface area contributed by atoms with E-state index >= 15 is 0 Å². The molecule has 0 atom stereocenters. The molecule has 1 N–H and O–H groups in total. The van der Waals surface area contributed by atoms with Gasteiger partial charge >= 0.3 is 5.97 Å². The van der Waals surface area contributed by atoms with E-state index in [1.165, 1.54) is 16.9 Å². The van der Waals surface area contributed by atoms with Gasteiger partial charge < -0.3 is 14.2 Å². The molecule has 31 heavy (non-hydrogen) atoms. The van der Waals surface area contributed by atoms with Crippen molar-refractivity contribution in [3.63, 3.8) is 0 Å². The fourth-order valence-corrected chi connectivity index (χ4v) is 3.35. The Morgan fingerprint density at radius 3 is 2.74 bits per heavy atom. The number of thiazole rings is 1. The number of rotatable bonds is 10. The van der Waals surface area contributed by atoms with E-state index in [9.17, 15) is 4.79 Å². The van der Waals surface area contributed by atoms with Crippen LogP contribution in [0.4, 0.5) is 5.13 Å². The molecule has 0 aliphatic carbocycles. The predicted molar refractivity (Wildman–Crippen MR) is 122 cm³/mol. The highest BCUT2D eigenvalue weighted by Gasteiger charge is 2.08. The van der Waals surface area contributed by atoms with Crippen molar-refractivity contribution in [3.8, 4) is 11.5 Å². The molecule has 1 heterocycles. The van der Waals surface area contributed by atoms with Crippen molar-refractivity contribution in [1.29, 1.82) is 0 Å². The summed E-state index contributed by atoms with van der Waals surface area (Å²) in [6.07, 6.45) is 1.82. The highest BCUT2D eigenvalue weighted by Crippen LogP contribution is 2.28. The van der Waals surface area contributed by atoms with Crippen LogP contribution in [0.25, 0.3) is 0 Å². The number of hydrogen-bond acceptors (Lipinski definition) is 8. The lowest BCUT2D eigenvalue weighted by Crippen LogP contribution is -2.07. The summed E-state index contributed by atoms with van der Waals surface area (Å²) in [5.41, 5.74) is 6.67. The molecular formula is C23H25N3O4S. The lowest BCUT2D eigenvalue weighted by Gasteiger charge is -2.11. The largest absolute Gasteiger partial charge is 0.493 e. The molecule has 0 bridgehead atoms. The lowest BCUT2D eigenvalue weighted by molar-refractivity contribution is -0.142. The second kappa shape index (κ2) is 11.1. The van der Waals surface area contributed by atoms with E-state index < -0.39 is 0 Å². The molecule has 3 aromatic rings. The average molecular weight is 440 g/mol. The Labute approximate surface area is 185 Å². The number of hydrazone groups is 1. The Kier molecular flexibility index (Phi) is 8.00. The van der Waals surface area contributed by atoms with E-state index in [0.717, 1.165) is 11.1 Å². The molecule has 162 valence electrons. The maximum absolute atomic E-state index is 11.5. The van der Waals surface area contributed by atoms with Gasteiger partial charge in [0.25, 0.3) is 0 Å². The summed E-state index contributed by atoms with van der Waals surface area (Å²) in [5, 5.41) is 6.61. The van der Waals surface area contributed by atoms with Crippen molar-refractivity contribution in [2.75, 3.05) is 19.1 Å². The molecule has 0 saturated heterocycles. The van der Waals surface area contributed by atoms with E-state index in [0.29, 0.717) is 35.5 Å². The number of benzene rings is 2. The van der Waals surface area contributed by atoms with Crippen LogP contribution in [0, 0.1) is 6.92 Å². The minimum Gasteiger partial charge on any atom is -0.493 e. The first-order valence-electron chi connectivity index (χ1n) is 9.83. The minimum absolute atomic E-state index is 0.150. The number of nitrogens with zero attached hydrogens (tertiary/aromatic N) is 2. The van der Waals surface area contributed by atoms with Gasteiger partial charge in [0.15, 0.2) is 11.5 Å². The summed E-state index contributed by atoms with van der Waals surface area (Å²) in [6, 6.07) is 13.8. The molecular weight excluding hydrogens is 414 g/mol. The topological polar surface area (TPSA) is 82.0 Å². The summed E-state index contributed by atoms with van der Waals surface area (Å²) in [6.45, 7) is 4.65. The SMILES string of the molecule is CCOC(=O)Cc1csc(NN=Cc2ccc(OCc3ccc(C)cc3)c(OC)c2)n1. The van der Waals surface area contributed by atoms with Crippen LogP contribution in [-0.2, 0) is 22.6 Å². The van der Waals surface area contributed by atoms with Gasteiger partial charge in [0.05, 0.1) is 32.0 Å². The Balaban J connectivity index is 1.56. The number of nitrogens with one attached hydrogen (secondary N) is 1. The summed E-state index contributed by atoms with van der Waals surface area (Å²) < 4.78 is 16.3. The molecule has 0 fully saturated rings. The lowest BCUT2D eigenvalue weighted by atomic mass is 10.2. The summed E-state index contributed by atoms with van der Waals surface area (Å²) in [5.74, 6) is 0.999. The number of carbonyl (C=O) groups excluding carboxylic acids is 1. The first-order chi connectivity index (χ1) is 15.1. The van der Waals surface area contributed by atoms with Crippen LogP contribution in [0.3, 0.4) is 0 Å². The van der Waals surface area contributed by atoms with Crippen LogP contribution < -0.4 is 14.9 Å². The van der Waals surface area contributed by atoms with E-state index in [1.807, 2.05) is 30.3 Å². The van der Waals surface area contributed by atoms with Gasteiger partial charge in [-0.3, -0.25) is 10.2 Å². The summed E-state index contributed by atoms with van der Waals surface area (Å²) in [7, 11) is 1.61.